The summed E-state index contributed by atoms with van der Waals surface area (Å²) in [4.78, 5) is 24.5. The van der Waals surface area contributed by atoms with Crippen LogP contribution >= 0.6 is 0 Å². The van der Waals surface area contributed by atoms with Gasteiger partial charge in [-0.15, -0.1) is 0 Å². The van der Waals surface area contributed by atoms with Crippen LogP contribution in [0.15, 0.2) is 24.4 Å². The van der Waals surface area contributed by atoms with E-state index in [0.29, 0.717) is 24.3 Å². The molecule has 0 radical (unpaired) electrons. The molecule has 0 saturated carbocycles. The number of aromatic nitrogens is 1. The molecule has 6 heteroatoms. The first kappa shape index (κ1) is 11.6. The molecule has 98 valence electrons. The van der Waals surface area contributed by atoms with Gasteiger partial charge < -0.3 is 10.3 Å². The topological polar surface area (TPSA) is 80.4 Å². The lowest BCUT2D eigenvalue weighted by Gasteiger charge is -2.26. The maximum atomic E-state index is 11.8. The van der Waals surface area contributed by atoms with Crippen molar-refractivity contribution in [2.45, 2.75) is 6.42 Å². The van der Waals surface area contributed by atoms with E-state index in [-0.39, 0.29) is 5.91 Å². The number of urea groups is 1. The standard InChI is InChI=1S/C13H14N4O2/c1-16-4-2-8-6-9(7-10(14)12(8)16)17-5-3-11(18)15-13(17)19/h2,4,6-7H,3,5,14H2,1H3,(H,15,18,19). The number of nitrogens with two attached hydrogens (primary N) is 1. The fourth-order valence-electron chi connectivity index (χ4n) is 2.43. The number of rotatable bonds is 1. The van der Waals surface area contributed by atoms with E-state index in [0.717, 1.165) is 10.9 Å². The minimum atomic E-state index is -0.397. The summed E-state index contributed by atoms with van der Waals surface area (Å²) in [5.74, 6) is -0.241. The molecule has 19 heavy (non-hydrogen) atoms. The number of hydrogen-bond donors (Lipinski definition) is 2. The Labute approximate surface area is 109 Å². The van der Waals surface area contributed by atoms with Gasteiger partial charge in [0.2, 0.25) is 5.91 Å². The Morgan fingerprint density at radius 1 is 1.32 bits per heavy atom. The number of nitrogen functional groups attached to an aromatic ring is 1. The molecule has 1 aromatic carbocycles. The van der Waals surface area contributed by atoms with Gasteiger partial charge in [0.1, 0.15) is 0 Å². The Balaban J connectivity index is 2.06. The zero-order chi connectivity index (χ0) is 13.6. The summed E-state index contributed by atoms with van der Waals surface area (Å²) in [7, 11) is 1.92. The molecule has 1 saturated heterocycles. The Bertz CT molecular complexity index is 689. The molecule has 2 aromatic rings. The van der Waals surface area contributed by atoms with Gasteiger partial charge in [0.05, 0.1) is 11.2 Å². The van der Waals surface area contributed by atoms with Gasteiger partial charge >= 0.3 is 6.03 Å². The van der Waals surface area contributed by atoms with Crippen LogP contribution in [0.25, 0.3) is 10.9 Å². The van der Waals surface area contributed by atoms with Crippen molar-refractivity contribution >= 4 is 34.2 Å². The van der Waals surface area contributed by atoms with E-state index < -0.39 is 6.03 Å². The first-order chi connectivity index (χ1) is 9.06. The molecule has 0 bridgehead atoms. The Morgan fingerprint density at radius 3 is 2.84 bits per heavy atom. The lowest BCUT2D eigenvalue weighted by molar-refractivity contribution is -0.120. The molecule has 1 aliphatic rings. The quantitative estimate of drug-likeness (QED) is 0.754. The van der Waals surface area contributed by atoms with Gasteiger partial charge in [-0.3, -0.25) is 15.0 Å². The molecule has 3 amide bonds. The van der Waals surface area contributed by atoms with Gasteiger partial charge in [-0.25, -0.2) is 4.79 Å². The maximum absolute atomic E-state index is 11.8. The number of benzene rings is 1. The predicted molar refractivity (Wildman–Crippen MR) is 72.8 cm³/mol. The predicted octanol–water partition coefficient (Wildman–Crippen LogP) is 1.21. The van der Waals surface area contributed by atoms with Gasteiger partial charge in [-0.2, -0.15) is 0 Å². The van der Waals surface area contributed by atoms with Crippen molar-refractivity contribution in [3.63, 3.8) is 0 Å². The van der Waals surface area contributed by atoms with Crippen LogP contribution in [-0.4, -0.2) is 23.1 Å². The van der Waals surface area contributed by atoms with Gasteiger partial charge in [0.15, 0.2) is 0 Å². The highest BCUT2D eigenvalue weighted by atomic mass is 16.2. The summed E-state index contributed by atoms with van der Waals surface area (Å²) in [5, 5.41) is 3.28. The smallest absolute Gasteiger partial charge is 0.328 e. The molecule has 0 atom stereocenters. The molecule has 3 N–H and O–H groups in total. The second-order valence-electron chi connectivity index (χ2n) is 4.65. The molecule has 1 aliphatic heterocycles. The summed E-state index contributed by atoms with van der Waals surface area (Å²) in [5.41, 5.74) is 8.30. The summed E-state index contributed by atoms with van der Waals surface area (Å²) in [6.45, 7) is 0.377. The minimum Gasteiger partial charge on any atom is -0.397 e. The second-order valence-corrected chi connectivity index (χ2v) is 4.65. The van der Waals surface area contributed by atoms with Gasteiger partial charge in [-0.1, -0.05) is 0 Å². The van der Waals surface area contributed by atoms with E-state index in [2.05, 4.69) is 5.32 Å². The van der Waals surface area contributed by atoms with Crippen LogP contribution < -0.4 is 16.0 Å². The Kier molecular flexibility index (Phi) is 2.45. The lowest BCUT2D eigenvalue weighted by atomic mass is 10.1. The molecule has 0 aliphatic carbocycles. The highest BCUT2D eigenvalue weighted by molar-refractivity contribution is 6.07. The first-order valence-corrected chi connectivity index (χ1v) is 6.02. The van der Waals surface area contributed by atoms with Gasteiger partial charge in [0, 0.05) is 37.3 Å². The molecule has 1 aromatic heterocycles. The van der Waals surface area contributed by atoms with E-state index in [1.807, 2.05) is 29.9 Å². The first-order valence-electron chi connectivity index (χ1n) is 6.02. The van der Waals surface area contributed by atoms with Crippen LogP contribution in [0.3, 0.4) is 0 Å². The summed E-state index contributed by atoms with van der Waals surface area (Å²) < 4.78 is 1.94. The lowest BCUT2D eigenvalue weighted by Crippen LogP contribution is -2.49. The normalized spacial score (nSPS) is 15.9. The minimum absolute atomic E-state index is 0.241. The average molecular weight is 258 g/mol. The monoisotopic (exact) mass is 258 g/mol. The maximum Gasteiger partial charge on any atom is 0.328 e. The number of aryl methyl sites for hydroxylation is 1. The van der Waals surface area contributed by atoms with Gasteiger partial charge in [-0.05, 0) is 18.2 Å². The fraction of sp³-hybridized carbons (Fsp3) is 0.231. The number of nitrogens with one attached hydrogen (secondary N) is 1. The van der Waals surface area contributed by atoms with E-state index >= 15 is 0 Å². The van der Waals surface area contributed by atoms with Crippen molar-refractivity contribution < 1.29 is 9.59 Å². The third kappa shape index (κ3) is 1.81. The molecule has 0 unspecified atom stereocenters. The number of carbonyl (C=O) groups excluding carboxylic acids is 2. The van der Waals surface area contributed by atoms with E-state index in [4.69, 9.17) is 5.73 Å². The number of hydrogen-bond acceptors (Lipinski definition) is 3. The second kappa shape index (κ2) is 4.01. The van der Waals surface area contributed by atoms with Crippen molar-refractivity contribution in [1.82, 2.24) is 9.88 Å². The number of imide groups is 1. The summed E-state index contributed by atoms with van der Waals surface area (Å²) in [6.07, 6.45) is 2.23. The van der Waals surface area contributed by atoms with Crippen molar-refractivity contribution in [2.75, 3.05) is 17.2 Å². The summed E-state index contributed by atoms with van der Waals surface area (Å²) in [6, 6.07) is 5.21. The zero-order valence-electron chi connectivity index (χ0n) is 10.5. The molecular formula is C13H14N4O2. The van der Waals surface area contributed by atoms with E-state index in [1.54, 1.807) is 6.07 Å². The number of fused-ring (bicyclic) bond motifs is 1. The third-order valence-corrected chi connectivity index (χ3v) is 3.35. The fourth-order valence-corrected chi connectivity index (χ4v) is 2.43. The van der Waals surface area contributed by atoms with Crippen molar-refractivity contribution in [1.29, 1.82) is 0 Å². The average Bonchev–Trinajstić information content (AvgIpc) is 2.71. The highest BCUT2D eigenvalue weighted by Crippen LogP contribution is 2.29. The number of amides is 3. The molecule has 6 nitrogen and oxygen atoms in total. The highest BCUT2D eigenvalue weighted by Gasteiger charge is 2.24. The van der Waals surface area contributed by atoms with Crippen LogP contribution in [0.2, 0.25) is 0 Å². The SMILES string of the molecule is Cn1ccc2cc(N3CCC(=O)NC3=O)cc(N)c21. The molecular weight excluding hydrogens is 244 g/mol. The van der Waals surface area contributed by atoms with E-state index in [9.17, 15) is 9.59 Å². The van der Waals surface area contributed by atoms with Crippen LogP contribution in [0.1, 0.15) is 6.42 Å². The van der Waals surface area contributed by atoms with Crippen molar-refractivity contribution in [3.8, 4) is 0 Å². The van der Waals surface area contributed by atoms with Crippen LogP contribution in [0, 0.1) is 0 Å². The van der Waals surface area contributed by atoms with Crippen molar-refractivity contribution in [2.24, 2.45) is 7.05 Å². The molecule has 2 heterocycles. The Morgan fingerprint density at radius 2 is 2.11 bits per heavy atom. The third-order valence-electron chi connectivity index (χ3n) is 3.35. The number of nitrogens with zero attached hydrogens (tertiary/aromatic N) is 2. The van der Waals surface area contributed by atoms with Crippen LogP contribution in [-0.2, 0) is 11.8 Å². The van der Waals surface area contributed by atoms with E-state index in [1.165, 1.54) is 4.90 Å². The Hall–Kier alpha value is -2.50. The summed E-state index contributed by atoms with van der Waals surface area (Å²) >= 11 is 0. The number of carbonyl (C=O) groups is 2. The number of anilines is 2. The van der Waals surface area contributed by atoms with Crippen LogP contribution in [0.5, 0.6) is 0 Å². The van der Waals surface area contributed by atoms with Crippen molar-refractivity contribution in [3.05, 3.63) is 24.4 Å². The molecule has 0 spiro atoms. The largest absolute Gasteiger partial charge is 0.397 e. The van der Waals surface area contributed by atoms with Crippen LogP contribution in [0.4, 0.5) is 16.2 Å². The van der Waals surface area contributed by atoms with Gasteiger partial charge in [0.25, 0.3) is 0 Å². The molecule has 1 fully saturated rings. The zero-order valence-corrected chi connectivity index (χ0v) is 10.5. The molecule has 3 rings (SSSR count).